The van der Waals surface area contributed by atoms with E-state index in [1.54, 1.807) is 14.2 Å². The number of aliphatic imine (C=N–C) groups is 1. The summed E-state index contributed by atoms with van der Waals surface area (Å²) in [5.41, 5.74) is 1.12. The number of nitrogens with one attached hydrogen (secondary N) is 2. The Balaban J connectivity index is 1.29. The molecule has 1 atom stereocenters. The first-order chi connectivity index (χ1) is 14.7. The molecule has 1 aliphatic carbocycles. The zero-order valence-electron chi connectivity index (χ0n) is 17.8. The van der Waals surface area contributed by atoms with E-state index >= 15 is 0 Å². The molecule has 0 bridgehead atoms. The fraction of sp³-hybridized carbons (Fsp3) is 0.619. The molecule has 9 heteroatoms. The molecule has 2 aromatic heterocycles. The van der Waals surface area contributed by atoms with Crippen LogP contribution in [0.5, 0.6) is 5.88 Å². The van der Waals surface area contributed by atoms with Gasteiger partial charge in [0.05, 0.1) is 6.54 Å². The van der Waals surface area contributed by atoms with E-state index in [-0.39, 0.29) is 6.04 Å². The van der Waals surface area contributed by atoms with Crippen LogP contribution in [0.25, 0.3) is 0 Å². The maximum atomic E-state index is 6.01. The van der Waals surface area contributed by atoms with E-state index in [9.17, 15) is 0 Å². The number of hydrogen-bond donors (Lipinski definition) is 2. The molecule has 1 aliphatic heterocycles. The van der Waals surface area contributed by atoms with Crippen molar-refractivity contribution in [3.63, 3.8) is 0 Å². The third kappa shape index (κ3) is 5.27. The monoisotopic (exact) mass is 413 g/mol. The highest BCUT2D eigenvalue weighted by atomic mass is 16.5. The second-order valence-corrected chi connectivity index (χ2v) is 7.89. The average Bonchev–Trinajstić information content (AvgIpc) is 3.40. The lowest BCUT2D eigenvalue weighted by Gasteiger charge is -2.25. The second kappa shape index (κ2) is 9.88. The fourth-order valence-electron chi connectivity index (χ4n) is 4.04. The van der Waals surface area contributed by atoms with Gasteiger partial charge in [0, 0.05) is 45.4 Å². The van der Waals surface area contributed by atoms with Crippen molar-refractivity contribution in [3.05, 3.63) is 35.5 Å². The first kappa shape index (κ1) is 20.6. The molecule has 2 aromatic rings. The van der Waals surface area contributed by atoms with Crippen molar-refractivity contribution in [3.8, 4) is 5.88 Å². The van der Waals surface area contributed by atoms with Gasteiger partial charge in [0.25, 0.3) is 0 Å². The zero-order chi connectivity index (χ0) is 20.8. The molecule has 162 valence electrons. The third-order valence-electron chi connectivity index (χ3n) is 5.59. The molecular weight excluding hydrogens is 382 g/mol. The minimum atomic E-state index is 0.250. The van der Waals surface area contributed by atoms with E-state index in [2.05, 4.69) is 30.7 Å². The number of ether oxygens (including phenoxy) is 2. The highest BCUT2D eigenvalue weighted by Gasteiger charge is 2.22. The molecule has 0 radical (unpaired) electrons. The standard InChI is InChI=1S/C21H31N7O2/c1-22-21(25-16-7-8-19-26-18(14-29-2)27-28(19)13-16)24-12-15-9-10-23-20(11-15)30-17-5-3-4-6-17/h9-11,16-17H,3-8,12-14H2,1-2H3,(H2,22,24,25). The number of aromatic nitrogens is 4. The predicted octanol–water partition coefficient (Wildman–Crippen LogP) is 1.82. The summed E-state index contributed by atoms with van der Waals surface area (Å²) >= 11 is 0. The summed E-state index contributed by atoms with van der Waals surface area (Å²) in [6, 6.07) is 4.26. The van der Waals surface area contributed by atoms with Gasteiger partial charge < -0.3 is 20.1 Å². The van der Waals surface area contributed by atoms with Crippen LogP contribution in [0.4, 0.5) is 0 Å². The number of methoxy groups -OCH3 is 1. The zero-order valence-corrected chi connectivity index (χ0v) is 17.8. The molecule has 0 aromatic carbocycles. The second-order valence-electron chi connectivity index (χ2n) is 7.89. The minimum absolute atomic E-state index is 0.250. The van der Waals surface area contributed by atoms with Crippen LogP contribution in [0.3, 0.4) is 0 Å². The van der Waals surface area contributed by atoms with E-state index in [0.29, 0.717) is 25.1 Å². The number of nitrogens with zero attached hydrogens (tertiary/aromatic N) is 5. The number of guanidine groups is 1. The van der Waals surface area contributed by atoms with Crippen molar-refractivity contribution < 1.29 is 9.47 Å². The van der Waals surface area contributed by atoms with Crippen molar-refractivity contribution in [1.29, 1.82) is 0 Å². The number of pyridine rings is 1. The van der Waals surface area contributed by atoms with Gasteiger partial charge >= 0.3 is 0 Å². The van der Waals surface area contributed by atoms with Crippen molar-refractivity contribution in [1.82, 2.24) is 30.4 Å². The van der Waals surface area contributed by atoms with Crippen molar-refractivity contribution in [2.45, 2.75) is 70.4 Å². The van der Waals surface area contributed by atoms with Gasteiger partial charge in [-0.2, -0.15) is 5.10 Å². The number of aryl methyl sites for hydroxylation is 1. The lowest BCUT2D eigenvalue weighted by molar-refractivity contribution is 0.177. The molecule has 2 aliphatic rings. The van der Waals surface area contributed by atoms with E-state index in [4.69, 9.17) is 9.47 Å². The summed E-state index contributed by atoms with van der Waals surface area (Å²) in [5.74, 6) is 3.25. The SMILES string of the molecule is CN=C(NCc1ccnc(OC2CCCC2)c1)NC1CCc2nc(COC)nn2C1. The molecule has 0 spiro atoms. The molecule has 1 saturated carbocycles. The lowest BCUT2D eigenvalue weighted by Crippen LogP contribution is -2.46. The van der Waals surface area contributed by atoms with E-state index in [1.165, 1.54) is 12.8 Å². The third-order valence-corrected chi connectivity index (χ3v) is 5.59. The van der Waals surface area contributed by atoms with E-state index < -0.39 is 0 Å². The summed E-state index contributed by atoms with van der Waals surface area (Å²) in [6.45, 7) is 1.86. The van der Waals surface area contributed by atoms with Crippen LogP contribution in [0.1, 0.15) is 49.3 Å². The summed E-state index contributed by atoms with van der Waals surface area (Å²) in [4.78, 5) is 13.3. The molecule has 1 fully saturated rings. The Hall–Kier alpha value is -2.68. The van der Waals surface area contributed by atoms with E-state index in [0.717, 1.165) is 55.4 Å². The molecule has 2 N–H and O–H groups in total. The van der Waals surface area contributed by atoms with Gasteiger partial charge in [-0.3, -0.25) is 4.99 Å². The van der Waals surface area contributed by atoms with Gasteiger partial charge in [-0.15, -0.1) is 0 Å². The van der Waals surface area contributed by atoms with Crippen LogP contribution in [0.15, 0.2) is 23.3 Å². The molecule has 0 saturated heterocycles. The lowest BCUT2D eigenvalue weighted by atomic mass is 10.1. The topological polar surface area (TPSA) is 98.5 Å². The Morgan fingerprint density at radius 3 is 2.97 bits per heavy atom. The Bertz CT molecular complexity index is 861. The highest BCUT2D eigenvalue weighted by molar-refractivity contribution is 5.79. The van der Waals surface area contributed by atoms with Gasteiger partial charge in [-0.05, 0) is 43.7 Å². The molecule has 30 heavy (non-hydrogen) atoms. The average molecular weight is 414 g/mol. The van der Waals surface area contributed by atoms with Crippen LogP contribution in [-0.4, -0.2) is 52.0 Å². The normalized spacial score (nSPS) is 19.5. The molecule has 0 amide bonds. The van der Waals surface area contributed by atoms with Gasteiger partial charge in [-0.25, -0.2) is 14.6 Å². The Morgan fingerprint density at radius 2 is 2.17 bits per heavy atom. The van der Waals surface area contributed by atoms with Gasteiger partial charge in [-0.1, -0.05) is 0 Å². The predicted molar refractivity (Wildman–Crippen MR) is 113 cm³/mol. The summed E-state index contributed by atoms with van der Waals surface area (Å²) in [6.07, 6.45) is 8.75. The van der Waals surface area contributed by atoms with E-state index in [1.807, 2.05) is 23.0 Å². The molecule has 3 heterocycles. The van der Waals surface area contributed by atoms with Crippen LogP contribution in [0, 0.1) is 0 Å². The fourth-order valence-corrected chi connectivity index (χ4v) is 4.04. The molecule has 4 rings (SSSR count). The molecule has 9 nitrogen and oxygen atoms in total. The quantitative estimate of drug-likeness (QED) is 0.528. The Kier molecular flexibility index (Phi) is 6.78. The van der Waals surface area contributed by atoms with Gasteiger partial charge in [0.1, 0.15) is 18.5 Å². The van der Waals surface area contributed by atoms with Gasteiger partial charge in [0.15, 0.2) is 11.8 Å². The summed E-state index contributed by atoms with van der Waals surface area (Å²) in [7, 11) is 3.45. The summed E-state index contributed by atoms with van der Waals surface area (Å²) in [5, 5.41) is 11.4. The van der Waals surface area contributed by atoms with Crippen LogP contribution < -0.4 is 15.4 Å². The molecular formula is C21H31N7O2. The maximum Gasteiger partial charge on any atom is 0.213 e. The van der Waals surface area contributed by atoms with Gasteiger partial charge in [0.2, 0.25) is 5.88 Å². The Labute approximate surface area is 177 Å². The van der Waals surface area contributed by atoms with Crippen LogP contribution in [0.2, 0.25) is 0 Å². The van der Waals surface area contributed by atoms with Crippen LogP contribution >= 0.6 is 0 Å². The highest BCUT2D eigenvalue weighted by Crippen LogP contribution is 2.23. The molecule has 1 unspecified atom stereocenters. The Morgan fingerprint density at radius 1 is 1.30 bits per heavy atom. The van der Waals surface area contributed by atoms with Crippen molar-refractivity contribution in [2.75, 3.05) is 14.2 Å². The number of rotatable bonds is 7. The number of fused-ring (bicyclic) bond motifs is 1. The van der Waals surface area contributed by atoms with Crippen LogP contribution in [-0.2, 0) is 30.9 Å². The number of hydrogen-bond acceptors (Lipinski definition) is 6. The first-order valence-corrected chi connectivity index (χ1v) is 10.7. The first-order valence-electron chi connectivity index (χ1n) is 10.7. The smallest absolute Gasteiger partial charge is 0.213 e. The minimum Gasteiger partial charge on any atom is -0.474 e. The van der Waals surface area contributed by atoms with Crippen molar-refractivity contribution in [2.24, 2.45) is 4.99 Å². The maximum absolute atomic E-state index is 6.01. The van der Waals surface area contributed by atoms with Crippen molar-refractivity contribution >= 4 is 5.96 Å². The summed E-state index contributed by atoms with van der Waals surface area (Å²) < 4.78 is 13.1. The largest absolute Gasteiger partial charge is 0.474 e.